The molecule has 96 valence electrons. The monoisotopic (exact) mass is 270 g/mol. The Balaban J connectivity index is 2.80. The summed E-state index contributed by atoms with van der Waals surface area (Å²) >= 11 is 5.18. The van der Waals surface area contributed by atoms with Crippen molar-refractivity contribution in [3.8, 4) is 0 Å². The van der Waals surface area contributed by atoms with Crippen LogP contribution in [0.2, 0.25) is 0 Å². The van der Waals surface area contributed by atoms with Gasteiger partial charge >= 0.3 is 11.5 Å². The Morgan fingerprint density at radius 3 is 2.22 bits per heavy atom. The number of methoxy groups -OCH3 is 1. The Bertz CT molecular complexity index is 472. The molecule has 0 saturated carbocycles. The highest BCUT2D eigenvalue weighted by atomic mass is 35.5. The predicted octanol–water partition coefficient (Wildman–Crippen LogP) is 2.30. The zero-order valence-electron chi connectivity index (χ0n) is 9.77. The summed E-state index contributed by atoms with van der Waals surface area (Å²) in [4.78, 5) is 34.2. The molecule has 18 heavy (non-hydrogen) atoms. The minimum Gasteiger partial charge on any atom is -0.453 e. The van der Waals surface area contributed by atoms with Crippen LogP contribution in [0.4, 0.5) is 15.3 Å². The lowest BCUT2D eigenvalue weighted by atomic mass is 10.2. The topological polar surface area (TPSA) is 75.7 Å². The molecule has 0 radical (unpaired) electrons. The number of hydrogen-bond acceptors (Lipinski definition) is 4. The average molecular weight is 271 g/mol. The molecular weight excluding hydrogens is 260 g/mol. The number of carbonyl (C=O) groups is 3. The van der Waals surface area contributed by atoms with Gasteiger partial charge in [0.15, 0.2) is 0 Å². The Morgan fingerprint density at radius 1 is 1.22 bits per heavy atom. The Labute approximate surface area is 108 Å². The van der Waals surface area contributed by atoms with E-state index >= 15 is 0 Å². The maximum absolute atomic E-state index is 11.7. The second kappa shape index (κ2) is 6.02. The fourth-order valence-electron chi connectivity index (χ4n) is 1.14. The molecule has 1 N–H and O–H groups in total. The molecule has 1 aromatic rings. The zero-order chi connectivity index (χ0) is 13.7. The summed E-state index contributed by atoms with van der Waals surface area (Å²) in [5.41, 5.74) is 0.750. The largest absolute Gasteiger partial charge is 0.453 e. The minimum atomic E-state index is -0.864. The van der Waals surface area contributed by atoms with E-state index in [0.717, 1.165) is 4.90 Å². The fourth-order valence-corrected chi connectivity index (χ4v) is 1.22. The van der Waals surface area contributed by atoms with Crippen molar-refractivity contribution in [1.82, 2.24) is 4.90 Å². The van der Waals surface area contributed by atoms with Crippen molar-refractivity contribution in [3.63, 3.8) is 0 Å². The molecule has 0 spiro atoms. The summed E-state index contributed by atoms with van der Waals surface area (Å²) in [6.07, 6.45) is -0.609. The lowest BCUT2D eigenvalue weighted by molar-refractivity contribution is 0.0847. The molecule has 0 atom stereocenters. The van der Waals surface area contributed by atoms with E-state index in [1.165, 1.54) is 38.4 Å². The van der Waals surface area contributed by atoms with Crippen LogP contribution in [0, 0.1) is 0 Å². The minimum absolute atomic E-state index is 0.280. The highest BCUT2D eigenvalue weighted by Gasteiger charge is 2.16. The lowest BCUT2D eigenvalue weighted by Gasteiger charge is -2.11. The average Bonchev–Trinajstić information content (AvgIpc) is 2.37. The maximum Gasteiger partial charge on any atom is 0.411 e. The van der Waals surface area contributed by atoms with Gasteiger partial charge in [0.1, 0.15) is 0 Å². The molecule has 0 aliphatic rings. The normalized spacial score (nSPS) is 9.50. The summed E-state index contributed by atoms with van der Waals surface area (Å²) < 4.78 is 4.41. The molecule has 1 rings (SSSR count). The van der Waals surface area contributed by atoms with Crippen LogP contribution in [-0.2, 0) is 4.74 Å². The van der Waals surface area contributed by atoms with Gasteiger partial charge in [-0.15, -0.1) is 0 Å². The van der Waals surface area contributed by atoms with Crippen molar-refractivity contribution in [2.45, 2.75) is 0 Å². The quantitative estimate of drug-likeness (QED) is 0.661. The fraction of sp³-hybridized carbons (Fsp3) is 0.182. The zero-order valence-corrected chi connectivity index (χ0v) is 10.5. The first-order valence-corrected chi connectivity index (χ1v) is 5.26. The van der Waals surface area contributed by atoms with Crippen LogP contribution in [0.3, 0.4) is 0 Å². The van der Waals surface area contributed by atoms with E-state index in [2.05, 4.69) is 10.1 Å². The van der Waals surface area contributed by atoms with Crippen molar-refractivity contribution in [2.75, 3.05) is 19.5 Å². The Hall–Kier alpha value is -2.08. The van der Waals surface area contributed by atoms with E-state index in [4.69, 9.17) is 11.6 Å². The second-order valence-corrected chi connectivity index (χ2v) is 3.63. The summed E-state index contributed by atoms with van der Waals surface area (Å²) in [6, 6.07) is 5.95. The summed E-state index contributed by atoms with van der Waals surface area (Å²) in [7, 11) is 2.52. The van der Waals surface area contributed by atoms with Crippen molar-refractivity contribution < 1.29 is 19.1 Å². The van der Waals surface area contributed by atoms with Gasteiger partial charge in [-0.3, -0.25) is 19.8 Å². The maximum atomic E-state index is 11.7. The van der Waals surface area contributed by atoms with E-state index in [0.29, 0.717) is 5.69 Å². The number of hydrogen-bond donors (Lipinski definition) is 1. The first-order valence-electron chi connectivity index (χ1n) is 4.88. The van der Waals surface area contributed by atoms with E-state index in [9.17, 15) is 14.4 Å². The van der Waals surface area contributed by atoms with Crippen LogP contribution in [0.5, 0.6) is 0 Å². The first-order chi connectivity index (χ1) is 8.45. The molecule has 7 heteroatoms. The summed E-state index contributed by atoms with van der Waals surface area (Å²) in [5, 5.41) is 1.57. The Morgan fingerprint density at radius 2 is 1.78 bits per heavy atom. The van der Waals surface area contributed by atoms with Gasteiger partial charge in [0.25, 0.3) is 5.91 Å². The molecule has 0 heterocycles. The number of ether oxygens (including phenoxy) is 1. The van der Waals surface area contributed by atoms with Gasteiger partial charge in [0, 0.05) is 18.3 Å². The number of amides is 3. The third-order valence-electron chi connectivity index (χ3n) is 2.13. The number of nitrogens with one attached hydrogen (secondary N) is 1. The lowest BCUT2D eigenvalue weighted by Crippen LogP contribution is -2.28. The number of rotatable bonds is 2. The number of benzene rings is 1. The van der Waals surface area contributed by atoms with Crippen LogP contribution in [0.25, 0.3) is 0 Å². The van der Waals surface area contributed by atoms with Gasteiger partial charge in [0.2, 0.25) is 0 Å². The van der Waals surface area contributed by atoms with Crippen LogP contribution >= 0.6 is 11.6 Å². The van der Waals surface area contributed by atoms with Crippen molar-refractivity contribution >= 4 is 34.7 Å². The molecule has 0 saturated heterocycles. The number of imide groups is 1. The van der Waals surface area contributed by atoms with Gasteiger partial charge in [-0.2, -0.15) is 0 Å². The molecule has 0 bridgehead atoms. The van der Waals surface area contributed by atoms with Gasteiger partial charge in [-0.25, -0.2) is 4.79 Å². The number of halogens is 1. The van der Waals surface area contributed by atoms with E-state index in [-0.39, 0.29) is 5.56 Å². The SMILES string of the molecule is COC(=O)Nc1ccc(C(=O)N(C)C(=O)Cl)cc1. The van der Waals surface area contributed by atoms with E-state index in [1.807, 2.05) is 0 Å². The second-order valence-electron chi connectivity index (χ2n) is 3.31. The van der Waals surface area contributed by atoms with Gasteiger partial charge in [-0.05, 0) is 35.9 Å². The smallest absolute Gasteiger partial charge is 0.411 e. The highest BCUT2D eigenvalue weighted by Crippen LogP contribution is 2.12. The summed E-state index contributed by atoms with van der Waals surface area (Å²) in [5.74, 6) is -0.528. The highest BCUT2D eigenvalue weighted by molar-refractivity contribution is 6.64. The van der Waals surface area contributed by atoms with Crippen molar-refractivity contribution in [1.29, 1.82) is 0 Å². The third kappa shape index (κ3) is 3.46. The third-order valence-corrected chi connectivity index (χ3v) is 2.39. The molecule has 6 nitrogen and oxygen atoms in total. The van der Waals surface area contributed by atoms with Gasteiger partial charge in [-0.1, -0.05) is 0 Å². The van der Waals surface area contributed by atoms with Gasteiger partial charge in [0.05, 0.1) is 7.11 Å². The van der Waals surface area contributed by atoms with E-state index < -0.39 is 17.4 Å². The number of anilines is 1. The van der Waals surface area contributed by atoms with Gasteiger partial charge < -0.3 is 4.74 Å². The van der Waals surface area contributed by atoms with Crippen LogP contribution < -0.4 is 5.32 Å². The van der Waals surface area contributed by atoms with Crippen LogP contribution in [0.15, 0.2) is 24.3 Å². The molecule has 1 aromatic carbocycles. The predicted molar refractivity (Wildman–Crippen MR) is 65.8 cm³/mol. The first kappa shape index (κ1) is 14.0. The van der Waals surface area contributed by atoms with Crippen LogP contribution in [-0.4, -0.2) is 36.4 Å². The molecule has 3 amide bonds. The molecular formula is C11H11ClN2O4. The number of nitrogens with zero attached hydrogens (tertiary/aromatic N) is 1. The van der Waals surface area contributed by atoms with E-state index in [1.54, 1.807) is 0 Å². The molecule has 0 aliphatic carbocycles. The molecule has 0 fully saturated rings. The standard InChI is InChI=1S/C11H11ClN2O4/c1-14(10(12)16)9(15)7-3-5-8(6-4-7)13-11(17)18-2/h3-6H,1-2H3,(H,13,17). The molecule has 0 unspecified atom stereocenters. The van der Waals surface area contributed by atoms with Crippen molar-refractivity contribution in [2.24, 2.45) is 0 Å². The van der Waals surface area contributed by atoms with Crippen LogP contribution in [0.1, 0.15) is 10.4 Å². The number of carbonyl (C=O) groups excluding carboxylic acids is 3. The Kier molecular flexibility index (Phi) is 4.67. The summed E-state index contributed by atoms with van der Waals surface area (Å²) in [6.45, 7) is 0. The molecule has 0 aromatic heterocycles. The van der Waals surface area contributed by atoms with Crippen molar-refractivity contribution in [3.05, 3.63) is 29.8 Å². The molecule has 0 aliphatic heterocycles.